The highest BCUT2D eigenvalue weighted by Gasteiger charge is 2.15. The first-order valence-electron chi connectivity index (χ1n) is 10.6. The first kappa shape index (κ1) is 23.1. The largest absolute Gasteiger partial charge is 0.490 e. The van der Waals surface area contributed by atoms with Crippen molar-refractivity contribution in [3.63, 3.8) is 0 Å². The number of nitrogens with one attached hydrogen (secondary N) is 1. The van der Waals surface area contributed by atoms with E-state index in [1.807, 2.05) is 24.3 Å². The fourth-order valence-electron chi connectivity index (χ4n) is 3.43. The third-order valence-electron chi connectivity index (χ3n) is 5.06. The number of benzene rings is 4. The van der Waals surface area contributed by atoms with E-state index in [-0.39, 0.29) is 24.5 Å². The standard InChI is InChI=1S/C26H23NO6S/c28-26(29)18-21-7-3-4-8-25(21)33-16-15-32-23-12-10-22(11-13-23)27-34(30,31)24-14-9-19-5-1-2-6-20(19)17-24/h1-14,17,27H,15-16,18H2,(H,28,29). The Morgan fingerprint density at radius 1 is 0.794 bits per heavy atom. The van der Waals surface area contributed by atoms with Crippen LogP contribution in [0.25, 0.3) is 10.8 Å². The molecule has 0 bridgehead atoms. The molecule has 0 radical (unpaired) electrons. The van der Waals surface area contributed by atoms with Crippen LogP contribution in [0.1, 0.15) is 5.56 Å². The van der Waals surface area contributed by atoms with Crippen molar-refractivity contribution >= 4 is 32.5 Å². The Bertz CT molecular complexity index is 1400. The van der Waals surface area contributed by atoms with Gasteiger partial charge in [0.2, 0.25) is 0 Å². The summed E-state index contributed by atoms with van der Waals surface area (Å²) in [7, 11) is -3.73. The zero-order valence-electron chi connectivity index (χ0n) is 18.2. The van der Waals surface area contributed by atoms with Crippen molar-refractivity contribution < 1.29 is 27.8 Å². The maximum atomic E-state index is 12.8. The number of fused-ring (bicyclic) bond motifs is 1. The molecule has 0 aromatic heterocycles. The lowest BCUT2D eigenvalue weighted by Crippen LogP contribution is -2.13. The Morgan fingerprint density at radius 3 is 2.24 bits per heavy atom. The highest BCUT2D eigenvalue weighted by atomic mass is 32.2. The highest BCUT2D eigenvalue weighted by molar-refractivity contribution is 7.92. The Hall–Kier alpha value is -4.04. The minimum Gasteiger partial charge on any atom is -0.490 e. The normalized spacial score (nSPS) is 11.2. The lowest BCUT2D eigenvalue weighted by molar-refractivity contribution is -0.136. The molecule has 0 heterocycles. The molecule has 0 unspecified atom stereocenters. The van der Waals surface area contributed by atoms with Crippen molar-refractivity contribution in [2.75, 3.05) is 17.9 Å². The van der Waals surface area contributed by atoms with Crippen LogP contribution in [0.15, 0.2) is 95.9 Å². The number of carboxylic acids is 1. The number of ether oxygens (including phenoxy) is 2. The second-order valence-corrected chi connectivity index (χ2v) is 9.20. The fourth-order valence-corrected chi connectivity index (χ4v) is 4.53. The molecule has 0 spiro atoms. The lowest BCUT2D eigenvalue weighted by Gasteiger charge is -2.12. The van der Waals surface area contributed by atoms with Gasteiger partial charge in [0.25, 0.3) is 10.0 Å². The molecular formula is C26H23NO6S. The predicted octanol–water partition coefficient (Wildman–Crippen LogP) is 4.73. The summed E-state index contributed by atoms with van der Waals surface area (Å²) in [6.45, 7) is 0.469. The molecular weight excluding hydrogens is 454 g/mol. The maximum absolute atomic E-state index is 12.8. The van der Waals surface area contributed by atoms with E-state index in [1.165, 1.54) is 0 Å². The van der Waals surface area contributed by atoms with Crippen LogP contribution in [0.3, 0.4) is 0 Å². The quantitative estimate of drug-likeness (QED) is 0.320. The van der Waals surface area contributed by atoms with E-state index in [0.29, 0.717) is 22.7 Å². The van der Waals surface area contributed by atoms with E-state index in [2.05, 4.69) is 4.72 Å². The summed E-state index contributed by atoms with van der Waals surface area (Å²) in [4.78, 5) is 11.1. The maximum Gasteiger partial charge on any atom is 0.307 e. The second kappa shape index (κ2) is 10.3. The van der Waals surface area contributed by atoms with E-state index in [9.17, 15) is 13.2 Å². The van der Waals surface area contributed by atoms with Crippen LogP contribution in [0.4, 0.5) is 5.69 Å². The molecule has 0 aliphatic heterocycles. The van der Waals surface area contributed by atoms with Gasteiger partial charge in [0, 0.05) is 11.3 Å². The molecule has 0 saturated heterocycles. The molecule has 8 heteroatoms. The number of aliphatic carboxylic acids is 1. The van der Waals surface area contributed by atoms with E-state index in [4.69, 9.17) is 14.6 Å². The van der Waals surface area contributed by atoms with Crippen molar-refractivity contribution in [1.29, 1.82) is 0 Å². The summed E-state index contributed by atoms with van der Waals surface area (Å²) < 4.78 is 39.4. The number of rotatable bonds is 10. The molecule has 34 heavy (non-hydrogen) atoms. The van der Waals surface area contributed by atoms with E-state index in [0.717, 1.165) is 10.8 Å². The van der Waals surface area contributed by atoms with E-state index in [1.54, 1.807) is 66.7 Å². The molecule has 0 fully saturated rings. The number of carboxylic acid groups (broad SMARTS) is 1. The zero-order chi connectivity index (χ0) is 24.0. The Morgan fingerprint density at radius 2 is 1.47 bits per heavy atom. The van der Waals surface area contributed by atoms with Crippen molar-refractivity contribution in [3.8, 4) is 11.5 Å². The molecule has 4 aromatic rings. The van der Waals surface area contributed by atoms with Gasteiger partial charge in [-0.3, -0.25) is 9.52 Å². The second-order valence-electron chi connectivity index (χ2n) is 7.51. The molecule has 0 saturated carbocycles. The van der Waals surface area contributed by atoms with Gasteiger partial charge >= 0.3 is 5.97 Å². The molecule has 174 valence electrons. The summed E-state index contributed by atoms with van der Waals surface area (Å²) in [5.74, 6) is 0.131. The van der Waals surface area contributed by atoms with E-state index >= 15 is 0 Å². The monoisotopic (exact) mass is 477 g/mol. The van der Waals surface area contributed by atoms with Gasteiger partial charge in [-0.25, -0.2) is 8.42 Å². The molecule has 2 N–H and O–H groups in total. The van der Waals surface area contributed by atoms with Gasteiger partial charge in [-0.1, -0.05) is 48.5 Å². The average Bonchev–Trinajstić information content (AvgIpc) is 2.83. The Labute approximate surface area is 197 Å². The minimum atomic E-state index is -3.73. The Kier molecular flexibility index (Phi) is 6.98. The summed E-state index contributed by atoms with van der Waals surface area (Å²) in [6, 6.07) is 26.1. The van der Waals surface area contributed by atoms with Gasteiger partial charge in [-0.15, -0.1) is 0 Å². The first-order valence-corrected chi connectivity index (χ1v) is 12.1. The number of carbonyl (C=O) groups is 1. The molecule has 0 atom stereocenters. The van der Waals surface area contributed by atoms with Crippen LogP contribution in [0.5, 0.6) is 11.5 Å². The van der Waals surface area contributed by atoms with Crippen LogP contribution in [0.2, 0.25) is 0 Å². The number of sulfonamides is 1. The van der Waals surface area contributed by atoms with Gasteiger partial charge in [0.15, 0.2) is 0 Å². The number of hydrogen-bond donors (Lipinski definition) is 2. The smallest absolute Gasteiger partial charge is 0.307 e. The summed E-state index contributed by atoms with van der Waals surface area (Å²) in [6.07, 6.45) is -0.117. The molecule has 4 aromatic carbocycles. The van der Waals surface area contributed by atoms with Crippen molar-refractivity contribution in [2.45, 2.75) is 11.3 Å². The van der Waals surface area contributed by atoms with Crippen LogP contribution in [-0.2, 0) is 21.2 Å². The summed E-state index contributed by atoms with van der Waals surface area (Å²) >= 11 is 0. The minimum absolute atomic E-state index is 0.117. The SMILES string of the molecule is O=C(O)Cc1ccccc1OCCOc1ccc(NS(=O)(=O)c2ccc3ccccc3c2)cc1. The molecule has 7 nitrogen and oxygen atoms in total. The van der Waals surface area contributed by atoms with Crippen molar-refractivity contribution in [2.24, 2.45) is 0 Å². The van der Waals surface area contributed by atoms with E-state index < -0.39 is 16.0 Å². The summed E-state index contributed by atoms with van der Waals surface area (Å²) in [5, 5.41) is 10.8. The predicted molar refractivity (Wildman–Crippen MR) is 130 cm³/mol. The number of hydrogen-bond acceptors (Lipinski definition) is 5. The highest BCUT2D eigenvalue weighted by Crippen LogP contribution is 2.23. The van der Waals surface area contributed by atoms with Gasteiger partial charge in [0.1, 0.15) is 24.7 Å². The lowest BCUT2D eigenvalue weighted by atomic mass is 10.1. The van der Waals surface area contributed by atoms with Crippen molar-refractivity contribution in [1.82, 2.24) is 0 Å². The van der Waals surface area contributed by atoms with Gasteiger partial charge < -0.3 is 14.6 Å². The van der Waals surface area contributed by atoms with Crippen LogP contribution in [0, 0.1) is 0 Å². The fraction of sp³-hybridized carbons (Fsp3) is 0.115. The first-order chi connectivity index (χ1) is 16.4. The third-order valence-corrected chi connectivity index (χ3v) is 6.44. The molecule has 4 rings (SSSR count). The average molecular weight is 478 g/mol. The number of para-hydroxylation sites is 1. The molecule has 0 amide bonds. The van der Waals surface area contributed by atoms with Crippen LogP contribution < -0.4 is 14.2 Å². The zero-order valence-corrected chi connectivity index (χ0v) is 19.0. The Balaban J connectivity index is 1.32. The van der Waals surface area contributed by atoms with Gasteiger partial charge in [-0.2, -0.15) is 0 Å². The van der Waals surface area contributed by atoms with Crippen molar-refractivity contribution in [3.05, 3.63) is 96.6 Å². The van der Waals surface area contributed by atoms with Gasteiger partial charge in [-0.05, 0) is 53.2 Å². The molecule has 0 aliphatic carbocycles. The van der Waals surface area contributed by atoms with Crippen LogP contribution >= 0.6 is 0 Å². The molecule has 0 aliphatic rings. The van der Waals surface area contributed by atoms with Crippen LogP contribution in [-0.4, -0.2) is 32.7 Å². The summed E-state index contributed by atoms with van der Waals surface area (Å²) in [5.41, 5.74) is 1.01. The number of anilines is 1. The third kappa shape index (κ3) is 5.85. The topological polar surface area (TPSA) is 102 Å². The van der Waals surface area contributed by atoms with Gasteiger partial charge in [0.05, 0.1) is 11.3 Å².